The molecule has 0 fully saturated rings. The highest BCUT2D eigenvalue weighted by molar-refractivity contribution is 6.32. The zero-order chi connectivity index (χ0) is 22.7. The number of hydrogen-bond donors (Lipinski definition) is 2. The number of fused-ring (bicyclic) bond motifs is 1. The number of rotatable bonds is 7. The quantitative estimate of drug-likeness (QED) is 0.438. The maximum atomic E-state index is 12.9. The topological polar surface area (TPSA) is 70.2 Å². The van der Waals surface area contributed by atoms with Gasteiger partial charge in [-0.25, -0.2) is 4.98 Å². The standard InChI is InChI=1S/C25H25BN4O2/c1-4-30(5-2)23-15-21-20(27-24(28-21)16-8-12-19(32-3)13-9-16)14-22(23)29-25(31)17-6-10-18(26)11-7-17/h6-15H,4-5H2,1-3H3,(H,27,28)(H,29,31). The number of carbonyl (C=O) groups excluding carboxylic acids is 1. The molecular formula is C25H25BN4O2. The van der Waals surface area contributed by atoms with E-state index in [-0.39, 0.29) is 5.91 Å². The molecule has 160 valence electrons. The highest BCUT2D eigenvalue weighted by atomic mass is 16.5. The Labute approximate surface area is 189 Å². The highest BCUT2D eigenvalue weighted by Gasteiger charge is 2.16. The Hall–Kier alpha value is -3.74. The predicted octanol–water partition coefficient (Wildman–Crippen LogP) is 4.13. The van der Waals surface area contributed by atoms with E-state index in [4.69, 9.17) is 17.6 Å². The van der Waals surface area contributed by atoms with Crippen LogP contribution in [0.3, 0.4) is 0 Å². The zero-order valence-electron chi connectivity index (χ0n) is 18.5. The van der Waals surface area contributed by atoms with Crippen LogP contribution in [0.25, 0.3) is 22.4 Å². The van der Waals surface area contributed by atoms with Crippen molar-refractivity contribution in [1.29, 1.82) is 0 Å². The third-order valence-electron chi connectivity index (χ3n) is 5.49. The first-order valence-electron chi connectivity index (χ1n) is 10.6. The number of imidazole rings is 1. The molecule has 2 N–H and O–H groups in total. The molecule has 0 spiro atoms. The number of nitrogens with zero attached hydrogens (tertiary/aromatic N) is 2. The molecule has 3 aromatic carbocycles. The molecule has 1 heterocycles. The van der Waals surface area contributed by atoms with Gasteiger partial charge in [-0.3, -0.25) is 4.79 Å². The maximum absolute atomic E-state index is 12.9. The molecule has 0 aliphatic heterocycles. The minimum Gasteiger partial charge on any atom is -0.497 e. The van der Waals surface area contributed by atoms with Gasteiger partial charge in [0.2, 0.25) is 0 Å². The van der Waals surface area contributed by atoms with Crippen molar-refractivity contribution < 1.29 is 9.53 Å². The fourth-order valence-corrected chi connectivity index (χ4v) is 3.69. The molecule has 4 rings (SSSR count). The van der Waals surface area contributed by atoms with Gasteiger partial charge < -0.3 is 19.9 Å². The number of benzene rings is 3. The van der Waals surface area contributed by atoms with Crippen LogP contribution in [0.5, 0.6) is 5.75 Å². The van der Waals surface area contributed by atoms with Crippen LogP contribution in [0.4, 0.5) is 11.4 Å². The molecule has 1 aromatic heterocycles. The Morgan fingerprint density at radius 3 is 2.38 bits per heavy atom. The van der Waals surface area contributed by atoms with Gasteiger partial charge >= 0.3 is 0 Å². The second-order valence-electron chi connectivity index (χ2n) is 7.45. The molecule has 6 nitrogen and oxygen atoms in total. The lowest BCUT2D eigenvalue weighted by Crippen LogP contribution is -2.24. The number of carbonyl (C=O) groups is 1. The number of H-pyrrole nitrogens is 1. The number of methoxy groups -OCH3 is 1. The van der Waals surface area contributed by atoms with E-state index in [1.165, 1.54) is 0 Å². The lowest BCUT2D eigenvalue weighted by atomic mass is 9.95. The molecule has 1 amide bonds. The second kappa shape index (κ2) is 9.18. The summed E-state index contributed by atoms with van der Waals surface area (Å²) in [5.74, 6) is 1.36. The van der Waals surface area contributed by atoms with E-state index in [0.717, 1.165) is 52.6 Å². The van der Waals surface area contributed by atoms with Gasteiger partial charge in [-0.15, -0.1) is 0 Å². The van der Waals surface area contributed by atoms with E-state index in [1.54, 1.807) is 31.4 Å². The van der Waals surface area contributed by atoms with Crippen LogP contribution >= 0.6 is 0 Å². The smallest absolute Gasteiger partial charge is 0.255 e. The third kappa shape index (κ3) is 4.32. The summed E-state index contributed by atoms with van der Waals surface area (Å²) in [5.41, 5.74) is 5.47. The van der Waals surface area contributed by atoms with E-state index in [2.05, 4.69) is 29.0 Å². The number of aromatic amines is 1. The van der Waals surface area contributed by atoms with Crippen molar-refractivity contribution in [2.24, 2.45) is 0 Å². The molecule has 32 heavy (non-hydrogen) atoms. The second-order valence-corrected chi connectivity index (χ2v) is 7.45. The number of hydrogen-bond acceptors (Lipinski definition) is 4. The summed E-state index contributed by atoms with van der Waals surface area (Å²) >= 11 is 0. The molecule has 7 heteroatoms. The van der Waals surface area contributed by atoms with Gasteiger partial charge in [0.15, 0.2) is 0 Å². The summed E-state index contributed by atoms with van der Waals surface area (Å²) in [7, 11) is 7.40. The Balaban J connectivity index is 1.74. The largest absolute Gasteiger partial charge is 0.497 e. The van der Waals surface area contributed by atoms with Crippen LogP contribution in [0.2, 0.25) is 0 Å². The summed E-state index contributed by atoms with van der Waals surface area (Å²) in [5, 5.41) is 3.07. The van der Waals surface area contributed by atoms with Crippen LogP contribution in [0.1, 0.15) is 24.2 Å². The molecule has 4 aromatic rings. The Kier molecular flexibility index (Phi) is 6.17. The normalized spacial score (nSPS) is 10.8. The summed E-state index contributed by atoms with van der Waals surface area (Å²) in [4.78, 5) is 23.2. The minimum atomic E-state index is -0.187. The number of ether oxygens (including phenoxy) is 1. The fraction of sp³-hybridized carbons (Fsp3) is 0.200. The van der Waals surface area contributed by atoms with Gasteiger partial charge in [0.25, 0.3) is 5.91 Å². The van der Waals surface area contributed by atoms with Gasteiger partial charge in [-0.05, 0) is 50.2 Å². The molecule has 0 aliphatic carbocycles. The van der Waals surface area contributed by atoms with Crippen molar-refractivity contribution in [3.8, 4) is 17.1 Å². The number of nitrogens with one attached hydrogen (secondary N) is 2. The van der Waals surface area contributed by atoms with Crippen molar-refractivity contribution in [3.05, 3.63) is 66.2 Å². The molecule has 2 radical (unpaired) electrons. The molecule has 0 saturated carbocycles. The first-order chi connectivity index (χ1) is 15.5. The van der Waals surface area contributed by atoms with Crippen molar-refractivity contribution in [3.63, 3.8) is 0 Å². The summed E-state index contributed by atoms with van der Waals surface area (Å²) in [6.45, 7) is 5.80. The van der Waals surface area contributed by atoms with Gasteiger partial charge in [0, 0.05) is 24.2 Å². The van der Waals surface area contributed by atoms with E-state index in [0.29, 0.717) is 11.0 Å². The fourth-order valence-electron chi connectivity index (χ4n) is 3.69. The van der Waals surface area contributed by atoms with Crippen molar-refractivity contribution in [1.82, 2.24) is 9.97 Å². The van der Waals surface area contributed by atoms with E-state index < -0.39 is 0 Å². The Morgan fingerprint density at radius 1 is 1.06 bits per heavy atom. The van der Waals surface area contributed by atoms with Gasteiger partial charge in [-0.1, -0.05) is 29.7 Å². The van der Waals surface area contributed by atoms with Crippen LogP contribution < -0.4 is 20.4 Å². The monoisotopic (exact) mass is 424 g/mol. The number of anilines is 2. The average molecular weight is 424 g/mol. The van der Waals surface area contributed by atoms with Crippen LogP contribution in [-0.4, -0.2) is 43.9 Å². The minimum absolute atomic E-state index is 0.187. The predicted molar refractivity (Wildman–Crippen MR) is 131 cm³/mol. The first-order valence-corrected chi connectivity index (χ1v) is 10.6. The molecular weight excluding hydrogens is 399 g/mol. The average Bonchev–Trinajstić information content (AvgIpc) is 3.23. The zero-order valence-corrected chi connectivity index (χ0v) is 18.5. The van der Waals surface area contributed by atoms with Crippen LogP contribution in [0, 0.1) is 0 Å². The van der Waals surface area contributed by atoms with E-state index in [1.807, 2.05) is 36.4 Å². The molecule has 0 aliphatic rings. The number of aromatic nitrogens is 2. The highest BCUT2D eigenvalue weighted by Crippen LogP contribution is 2.33. The van der Waals surface area contributed by atoms with Crippen molar-refractivity contribution in [2.75, 3.05) is 30.4 Å². The first kappa shape index (κ1) is 21.5. The summed E-state index contributed by atoms with van der Waals surface area (Å²) in [6, 6.07) is 18.6. The molecule has 0 saturated heterocycles. The van der Waals surface area contributed by atoms with E-state index >= 15 is 0 Å². The van der Waals surface area contributed by atoms with Gasteiger partial charge in [0.05, 0.1) is 29.5 Å². The van der Waals surface area contributed by atoms with Gasteiger partial charge in [-0.2, -0.15) is 0 Å². The Morgan fingerprint density at radius 2 is 1.75 bits per heavy atom. The maximum Gasteiger partial charge on any atom is 0.255 e. The SMILES string of the molecule is [B]c1ccc(C(=O)Nc2cc3[nH]c(-c4ccc(OC)cc4)nc3cc2N(CC)CC)cc1. The summed E-state index contributed by atoms with van der Waals surface area (Å²) in [6.07, 6.45) is 0. The van der Waals surface area contributed by atoms with Crippen molar-refractivity contribution in [2.45, 2.75) is 13.8 Å². The van der Waals surface area contributed by atoms with Crippen molar-refractivity contribution >= 4 is 41.6 Å². The van der Waals surface area contributed by atoms with Crippen LogP contribution in [0.15, 0.2) is 60.7 Å². The lowest BCUT2D eigenvalue weighted by Gasteiger charge is -2.24. The number of amides is 1. The van der Waals surface area contributed by atoms with Gasteiger partial charge in [0.1, 0.15) is 19.4 Å². The van der Waals surface area contributed by atoms with E-state index in [9.17, 15) is 4.79 Å². The Bertz CT molecular complexity index is 1230. The summed E-state index contributed by atoms with van der Waals surface area (Å²) < 4.78 is 5.24. The lowest BCUT2D eigenvalue weighted by molar-refractivity contribution is 0.102. The molecule has 0 atom stereocenters. The van der Waals surface area contributed by atoms with Crippen LogP contribution in [-0.2, 0) is 0 Å². The molecule has 0 bridgehead atoms. The third-order valence-corrected chi connectivity index (χ3v) is 5.49. The molecule has 0 unspecified atom stereocenters.